The predicted molar refractivity (Wildman–Crippen MR) is 252 cm³/mol. The van der Waals surface area contributed by atoms with Crippen molar-refractivity contribution in [3.05, 3.63) is 198 Å². The van der Waals surface area contributed by atoms with E-state index in [1.165, 1.54) is 66.9 Å². The van der Waals surface area contributed by atoms with Crippen molar-refractivity contribution in [2.75, 3.05) is 23.1 Å². The first kappa shape index (κ1) is 36.0. The summed E-state index contributed by atoms with van der Waals surface area (Å²) in [4.78, 5) is 4.79. The van der Waals surface area contributed by atoms with E-state index in [4.69, 9.17) is 9.15 Å². The van der Waals surface area contributed by atoms with E-state index in [1.54, 1.807) is 0 Å². The number of fused-ring (bicyclic) bond motifs is 10. The van der Waals surface area contributed by atoms with Crippen LogP contribution in [0.15, 0.2) is 174 Å². The fraction of sp³-hybridized carbons (Fsp3) is 0.158. The Balaban J connectivity index is 1.13. The molecular weight excluding hydrogens is 745 g/mol. The molecule has 296 valence electrons. The van der Waals surface area contributed by atoms with Gasteiger partial charge in [0.05, 0.1) is 12.3 Å². The lowest BCUT2D eigenvalue weighted by Gasteiger charge is -2.32. The SMILES string of the molecule is CC1(C)c2ccccc2-c2ccc(N(c3ccc4c(c3)oc3ccccc34)c3cc4c(cc3-c3ccc5c(c3)CCOCN5c3ccccc3)-c3ccccc3C4(C)C)cc21. The number of ether oxygens (including phenoxy) is 1. The smallest absolute Gasteiger partial charge is 0.137 e. The molecule has 0 atom stereocenters. The third kappa shape index (κ3) is 5.41. The summed E-state index contributed by atoms with van der Waals surface area (Å²) in [5, 5.41) is 2.25. The van der Waals surface area contributed by atoms with Gasteiger partial charge in [-0.25, -0.2) is 0 Å². The van der Waals surface area contributed by atoms with Crippen LogP contribution in [0.4, 0.5) is 28.4 Å². The quantitative estimate of drug-likeness (QED) is 0.174. The lowest BCUT2D eigenvalue weighted by molar-refractivity contribution is 0.148. The van der Waals surface area contributed by atoms with Crippen molar-refractivity contribution in [3.8, 4) is 33.4 Å². The van der Waals surface area contributed by atoms with Gasteiger partial charge in [0.1, 0.15) is 17.9 Å². The van der Waals surface area contributed by atoms with Gasteiger partial charge >= 0.3 is 0 Å². The Morgan fingerprint density at radius 1 is 0.492 bits per heavy atom. The van der Waals surface area contributed by atoms with Crippen LogP contribution in [0.3, 0.4) is 0 Å². The molecule has 12 rings (SSSR count). The number of benzene rings is 8. The zero-order chi connectivity index (χ0) is 41.0. The van der Waals surface area contributed by atoms with E-state index in [2.05, 4.69) is 201 Å². The Morgan fingerprint density at radius 3 is 1.93 bits per heavy atom. The van der Waals surface area contributed by atoms with E-state index in [0.29, 0.717) is 13.3 Å². The molecule has 9 aromatic rings. The van der Waals surface area contributed by atoms with Crippen LogP contribution in [0.5, 0.6) is 0 Å². The first-order valence-corrected chi connectivity index (χ1v) is 21.5. The molecule has 0 spiro atoms. The van der Waals surface area contributed by atoms with Crippen molar-refractivity contribution in [3.63, 3.8) is 0 Å². The van der Waals surface area contributed by atoms with E-state index < -0.39 is 0 Å². The highest BCUT2D eigenvalue weighted by molar-refractivity contribution is 6.06. The number of nitrogens with zero attached hydrogens (tertiary/aromatic N) is 2. The molecule has 3 aliphatic rings. The third-order valence-corrected chi connectivity index (χ3v) is 13.9. The topological polar surface area (TPSA) is 28.9 Å². The highest BCUT2D eigenvalue weighted by Gasteiger charge is 2.39. The Labute approximate surface area is 357 Å². The van der Waals surface area contributed by atoms with Crippen molar-refractivity contribution in [2.45, 2.75) is 44.9 Å². The van der Waals surface area contributed by atoms with Crippen LogP contribution in [0.2, 0.25) is 0 Å². The molecule has 2 aliphatic carbocycles. The maximum absolute atomic E-state index is 6.61. The largest absolute Gasteiger partial charge is 0.456 e. The lowest BCUT2D eigenvalue weighted by Crippen LogP contribution is -2.19. The minimum Gasteiger partial charge on any atom is -0.456 e. The van der Waals surface area contributed by atoms with E-state index in [1.807, 2.05) is 6.07 Å². The second kappa shape index (κ2) is 13.3. The molecule has 0 saturated carbocycles. The first-order chi connectivity index (χ1) is 29.8. The molecule has 8 aromatic carbocycles. The average molecular weight is 791 g/mol. The molecule has 2 heterocycles. The van der Waals surface area contributed by atoms with E-state index in [-0.39, 0.29) is 10.8 Å². The van der Waals surface area contributed by atoms with Crippen LogP contribution in [-0.4, -0.2) is 13.3 Å². The molecule has 4 heteroatoms. The summed E-state index contributed by atoms with van der Waals surface area (Å²) in [6.07, 6.45) is 0.829. The van der Waals surface area contributed by atoms with Crippen molar-refractivity contribution < 1.29 is 9.15 Å². The zero-order valence-corrected chi connectivity index (χ0v) is 35.0. The fourth-order valence-corrected chi connectivity index (χ4v) is 10.7. The highest BCUT2D eigenvalue weighted by atomic mass is 16.5. The monoisotopic (exact) mass is 790 g/mol. The van der Waals surface area contributed by atoms with Gasteiger partial charge in [-0.05, 0) is 129 Å². The molecule has 0 saturated heterocycles. The maximum atomic E-state index is 6.61. The fourth-order valence-electron chi connectivity index (χ4n) is 10.7. The average Bonchev–Trinajstić information content (AvgIpc) is 3.77. The maximum Gasteiger partial charge on any atom is 0.137 e. The Kier molecular flexibility index (Phi) is 7.86. The Morgan fingerprint density at radius 2 is 1.13 bits per heavy atom. The van der Waals surface area contributed by atoms with E-state index in [0.717, 1.165) is 51.1 Å². The van der Waals surface area contributed by atoms with Crippen molar-refractivity contribution >= 4 is 50.4 Å². The summed E-state index contributed by atoms with van der Waals surface area (Å²) < 4.78 is 12.8. The van der Waals surface area contributed by atoms with Gasteiger partial charge in [0.15, 0.2) is 0 Å². The Hall–Kier alpha value is -6.88. The molecule has 0 fully saturated rings. The number of hydrogen-bond acceptors (Lipinski definition) is 4. The molecule has 0 N–H and O–H groups in total. The van der Waals surface area contributed by atoms with Gasteiger partial charge in [-0.2, -0.15) is 0 Å². The van der Waals surface area contributed by atoms with Gasteiger partial charge in [-0.15, -0.1) is 0 Å². The number of para-hydroxylation sites is 2. The summed E-state index contributed by atoms with van der Waals surface area (Å²) >= 11 is 0. The highest BCUT2D eigenvalue weighted by Crippen LogP contribution is 2.55. The summed E-state index contributed by atoms with van der Waals surface area (Å²) in [7, 11) is 0. The van der Waals surface area contributed by atoms with Crippen molar-refractivity contribution in [2.24, 2.45) is 0 Å². The van der Waals surface area contributed by atoms with Crippen molar-refractivity contribution in [1.82, 2.24) is 0 Å². The number of hydrogen-bond donors (Lipinski definition) is 0. The molecule has 1 aromatic heterocycles. The summed E-state index contributed by atoms with van der Waals surface area (Å²) in [6, 6.07) is 62.7. The lowest BCUT2D eigenvalue weighted by atomic mass is 9.81. The molecule has 0 bridgehead atoms. The number of rotatable bonds is 5. The minimum atomic E-state index is -0.198. The second-order valence-electron chi connectivity index (χ2n) is 18.0. The summed E-state index contributed by atoms with van der Waals surface area (Å²) in [5.41, 5.74) is 21.3. The van der Waals surface area contributed by atoms with Gasteiger partial charge < -0.3 is 19.0 Å². The molecule has 4 nitrogen and oxygen atoms in total. The molecule has 0 radical (unpaired) electrons. The summed E-state index contributed by atoms with van der Waals surface area (Å²) in [6.45, 7) is 10.7. The van der Waals surface area contributed by atoms with Gasteiger partial charge in [0.2, 0.25) is 0 Å². The third-order valence-electron chi connectivity index (χ3n) is 13.9. The molecule has 61 heavy (non-hydrogen) atoms. The zero-order valence-electron chi connectivity index (χ0n) is 35.0. The van der Waals surface area contributed by atoms with Crippen LogP contribution < -0.4 is 9.80 Å². The molecule has 0 amide bonds. The predicted octanol–water partition coefficient (Wildman–Crippen LogP) is 15.0. The van der Waals surface area contributed by atoms with Crippen LogP contribution in [0, 0.1) is 0 Å². The normalized spacial score (nSPS) is 15.5. The standard InChI is InChI=1S/C57H46N2O2/c1-56(2)48-19-11-8-16-41(48)43-25-23-39(31-50(43)56)59(40-24-26-45-44-18-10-13-21-54(44)61-55(45)32-40)53-34-51-47(42-17-9-12-20-49(42)57(51,3)4)33-46(53)36-22-27-52-37(30-36)28-29-60-35-58(52)38-14-6-5-7-15-38/h5-27,30-34H,28-29,35H2,1-4H3. The number of furan rings is 1. The van der Waals surface area contributed by atoms with Gasteiger partial charge in [-0.1, -0.05) is 125 Å². The van der Waals surface area contributed by atoms with Gasteiger partial charge in [0.25, 0.3) is 0 Å². The van der Waals surface area contributed by atoms with Gasteiger partial charge in [-0.3, -0.25) is 0 Å². The van der Waals surface area contributed by atoms with Crippen LogP contribution >= 0.6 is 0 Å². The Bertz CT molecular complexity index is 3230. The molecule has 0 unspecified atom stereocenters. The molecule has 1 aliphatic heterocycles. The second-order valence-corrected chi connectivity index (χ2v) is 18.0. The van der Waals surface area contributed by atoms with E-state index >= 15 is 0 Å². The first-order valence-electron chi connectivity index (χ1n) is 21.5. The minimum absolute atomic E-state index is 0.162. The van der Waals surface area contributed by atoms with Crippen LogP contribution in [0.1, 0.15) is 55.5 Å². The van der Waals surface area contributed by atoms with Crippen molar-refractivity contribution in [1.29, 1.82) is 0 Å². The van der Waals surface area contributed by atoms with Crippen LogP contribution in [0.25, 0.3) is 55.3 Å². The van der Waals surface area contributed by atoms with Crippen LogP contribution in [-0.2, 0) is 22.0 Å². The van der Waals surface area contributed by atoms with E-state index in [9.17, 15) is 0 Å². The summed E-state index contributed by atoms with van der Waals surface area (Å²) in [5.74, 6) is 0. The molecular formula is C57H46N2O2. The van der Waals surface area contributed by atoms with Gasteiger partial charge in [0, 0.05) is 56.0 Å². The number of anilines is 5.